The lowest BCUT2D eigenvalue weighted by molar-refractivity contribution is 0.302. The van der Waals surface area contributed by atoms with Gasteiger partial charge in [0, 0.05) is 18.2 Å². The maximum atomic E-state index is 6.42. The summed E-state index contributed by atoms with van der Waals surface area (Å²) in [5.41, 5.74) is 7.41. The maximum Gasteiger partial charge on any atom is 0.0643 e. The molecule has 2 N–H and O–H groups in total. The first-order valence-electron chi connectivity index (χ1n) is 7.36. The van der Waals surface area contributed by atoms with E-state index >= 15 is 0 Å². The van der Waals surface area contributed by atoms with Crippen LogP contribution in [0.2, 0.25) is 0 Å². The van der Waals surface area contributed by atoms with Crippen molar-refractivity contribution in [2.45, 2.75) is 70.9 Å². The van der Waals surface area contributed by atoms with Gasteiger partial charge in [-0.05, 0) is 31.7 Å². The predicted octanol–water partition coefficient (Wildman–Crippen LogP) is 3.30. The first-order chi connectivity index (χ1) is 8.53. The molecule has 2 unspecified atom stereocenters. The molecular weight excluding hydrogens is 222 g/mol. The number of nitrogens with zero attached hydrogens (tertiary/aromatic N) is 2. The van der Waals surface area contributed by atoms with E-state index < -0.39 is 0 Å². The molecular formula is C15H27N3. The smallest absolute Gasteiger partial charge is 0.0643 e. The van der Waals surface area contributed by atoms with E-state index in [0.717, 1.165) is 18.5 Å². The normalized spacial score (nSPS) is 22.0. The number of rotatable bonds is 5. The van der Waals surface area contributed by atoms with Gasteiger partial charge in [0.15, 0.2) is 0 Å². The highest BCUT2D eigenvalue weighted by Crippen LogP contribution is 2.29. The summed E-state index contributed by atoms with van der Waals surface area (Å²) in [4.78, 5) is 0. The Labute approximate surface area is 111 Å². The van der Waals surface area contributed by atoms with Crippen LogP contribution in [0.4, 0.5) is 0 Å². The van der Waals surface area contributed by atoms with E-state index in [1.165, 1.54) is 25.7 Å². The van der Waals surface area contributed by atoms with Crippen molar-refractivity contribution in [3.8, 4) is 0 Å². The topological polar surface area (TPSA) is 43.8 Å². The minimum Gasteiger partial charge on any atom is -0.325 e. The lowest BCUT2D eigenvalue weighted by atomic mass is 9.82. The number of hydrogen-bond acceptors (Lipinski definition) is 2. The monoisotopic (exact) mass is 249 g/mol. The number of nitrogens with two attached hydrogens (primary N) is 1. The summed E-state index contributed by atoms with van der Waals surface area (Å²) < 4.78 is 2.16. The molecule has 18 heavy (non-hydrogen) atoms. The standard InChI is InChI=1S/C15H27N3/c1-4-12(2)15(3,16)11-13-9-10-18(17-13)14-7-5-6-8-14/h9-10,12,14H,4-8,11,16H2,1-3H3. The maximum absolute atomic E-state index is 6.42. The van der Waals surface area contributed by atoms with Crippen LogP contribution >= 0.6 is 0 Å². The Bertz CT molecular complexity index is 375. The zero-order chi connectivity index (χ0) is 13.2. The first-order valence-corrected chi connectivity index (χ1v) is 7.36. The van der Waals surface area contributed by atoms with Crippen molar-refractivity contribution in [2.75, 3.05) is 0 Å². The summed E-state index contributed by atoms with van der Waals surface area (Å²) >= 11 is 0. The van der Waals surface area contributed by atoms with Crippen LogP contribution in [-0.2, 0) is 6.42 Å². The van der Waals surface area contributed by atoms with Gasteiger partial charge < -0.3 is 5.73 Å². The molecule has 3 nitrogen and oxygen atoms in total. The van der Waals surface area contributed by atoms with Crippen molar-refractivity contribution in [1.29, 1.82) is 0 Å². The zero-order valence-electron chi connectivity index (χ0n) is 12.0. The Morgan fingerprint density at radius 2 is 2.17 bits per heavy atom. The van der Waals surface area contributed by atoms with Crippen LogP contribution in [-0.4, -0.2) is 15.3 Å². The highest BCUT2D eigenvalue weighted by atomic mass is 15.3. The van der Waals surface area contributed by atoms with Gasteiger partial charge in [0.25, 0.3) is 0 Å². The van der Waals surface area contributed by atoms with Crippen LogP contribution < -0.4 is 5.73 Å². The second-order valence-electron chi connectivity index (χ2n) is 6.22. The molecule has 1 fully saturated rings. The lowest BCUT2D eigenvalue weighted by Crippen LogP contribution is -2.45. The van der Waals surface area contributed by atoms with Gasteiger partial charge in [-0.15, -0.1) is 0 Å². The van der Waals surface area contributed by atoms with E-state index in [9.17, 15) is 0 Å². The van der Waals surface area contributed by atoms with Gasteiger partial charge in [-0.2, -0.15) is 5.10 Å². The Kier molecular flexibility index (Phi) is 4.10. The van der Waals surface area contributed by atoms with Gasteiger partial charge in [-0.3, -0.25) is 4.68 Å². The molecule has 1 aromatic heterocycles. The van der Waals surface area contributed by atoms with E-state index in [1.807, 2.05) is 0 Å². The van der Waals surface area contributed by atoms with Crippen LogP contribution in [0.25, 0.3) is 0 Å². The third-order valence-corrected chi connectivity index (χ3v) is 4.66. The summed E-state index contributed by atoms with van der Waals surface area (Å²) in [5, 5.41) is 4.73. The fraction of sp³-hybridized carbons (Fsp3) is 0.800. The predicted molar refractivity (Wildman–Crippen MR) is 75.5 cm³/mol. The van der Waals surface area contributed by atoms with Gasteiger partial charge in [0.2, 0.25) is 0 Å². The summed E-state index contributed by atoms with van der Waals surface area (Å²) in [5.74, 6) is 0.522. The van der Waals surface area contributed by atoms with E-state index in [-0.39, 0.29) is 5.54 Å². The highest BCUT2D eigenvalue weighted by molar-refractivity contribution is 5.06. The van der Waals surface area contributed by atoms with Crippen LogP contribution in [0.5, 0.6) is 0 Å². The quantitative estimate of drug-likeness (QED) is 0.870. The largest absolute Gasteiger partial charge is 0.325 e. The SMILES string of the molecule is CCC(C)C(C)(N)Cc1ccn(C2CCCC2)n1. The van der Waals surface area contributed by atoms with Crippen molar-refractivity contribution in [3.63, 3.8) is 0 Å². The first kappa shape index (κ1) is 13.6. The van der Waals surface area contributed by atoms with Crippen molar-refractivity contribution >= 4 is 0 Å². The van der Waals surface area contributed by atoms with Crippen LogP contribution in [0, 0.1) is 5.92 Å². The molecule has 1 heterocycles. The molecule has 0 bridgehead atoms. The minimum atomic E-state index is -0.149. The van der Waals surface area contributed by atoms with Crippen molar-refractivity contribution in [2.24, 2.45) is 11.7 Å². The molecule has 2 atom stereocenters. The van der Waals surface area contributed by atoms with Crippen LogP contribution in [0.15, 0.2) is 12.3 Å². The molecule has 0 spiro atoms. The fourth-order valence-electron chi connectivity index (χ4n) is 2.87. The van der Waals surface area contributed by atoms with Gasteiger partial charge in [0.05, 0.1) is 11.7 Å². The lowest BCUT2D eigenvalue weighted by Gasteiger charge is -2.30. The number of hydrogen-bond donors (Lipinski definition) is 1. The molecule has 0 saturated heterocycles. The Morgan fingerprint density at radius 3 is 2.78 bits per heavy atom. The molecule has 0 amide bonds. The van der Waals surface area contributed by atoms with Crippen molar-refractivity contribution in [1.82, 2.24) is 9.78 Å². The van der Waals surface area contributed by atoms with E-state index in [4.69, 9.17) is 10.8 Å². The Balaban J connectivity index is 2.01. The molecule has 0 aliphatic heterocycles. The van der Waals surface area contributed by atoms with Crippen molar-refractivity contribution in [3.05, 3.63) is 18.0 Å². The van der Waals surface area contributed by atoms with Crippen molar-refractivity contribution < 1.29 is 0 Å². The minimum absolute atomic E-state index is 0.149. The van der Waals surface area contributed by atoms with E-state index in [2.05, 4.69) is 37.7 Å². The molecule has 1 aliphatic rings. The Morgan fingerprint density at radius 1 is 1.50 bits per heavy atom. The summed E-state index contributed by atoms with van der Waals surface area (Å²) in [7, 11) is 0. The molecule has 1 saturated carbocycles. The Hall–Kier alpha value is -0.830. The summed E-state index contributed by atoms with van der Waals surface area (Å²) in [6, 6.07) is 2.78. The molecule has 3 heteroatoms. The third-order valence-electron chi connectivity index (χ3n) is 4.66. The van der Waals surface area contributed by atoms with Gasteiger partial charge >= 0.3 is 0 Å². The highest BCUT2D eigenvalue weighted by Gasteiger charge is 2.27. The van der Waals surface area contributed by atoms with Crippen LogP contribution in [0.1, 0.15) is 64.6 Å². The number of aromatic nitrogens is 2. The van der Waals surface area contributed by atoms with Gasteiger partial charge in [0.1, 0.15) is 0 Å². The fourth-order valence-corrected chi connectivity index (χ4v) is 2.87. The third kappa shape index (κ3) is 2.94. The molecule has 0 aromatic carbocycles. The van der Waals surface area contributed by atoms with E-state index in [1.54, 1.807) is 0 Å². The van der Waals surface area contributed by atoms with Crippen LogP contribution in [0.3, 0.4) is 0 Å². The van der Waals surface area contributed by atoms with Gasteiger partial charge in [-0.25, -0.2) is 0 Å². The second kappa shape index (κ2) is 5.43. The molecule has 0 radical (unpaired) electrons. The molecule has 1 aromatic rings. The second-order valence-corrected chi connectivity index (χ2v) is 6.22. The average molecular weight is 249 g/mol. The summed E-state index contributed by atoms with van der Waals surface area (Å²) in [6.45, 7) is 6.58. The molecule has 102 valence electrons. The zero-order valence-corrected chi connectivity index (χ0v) is 12.0. The van der Waals surface area contributed by atoms with Gasteiger partial charge in [-0.1, -0.05) is 33.1 Å². The molecule has 2 rings (SSSR count). The molecule has 1 aliphatic carbocycles. The average Bonchev–Trinajstić information content (AvgIpc) is 2.97. The summed E-state index contributed by atoms with van der Waals surface area (Å²) in [6.07, 6.45) is 9.40. The van der Waals surface area contributed by atoms with E-state index in [0.29, 0.717) is 12.0 Å².